The molecular formula is C23H21N3O3. The molecule has 0 atom stereocenters. The van der Waals surface area contributed by atoms with E-state index in [2.05, 4.69) is 10.3 Å². The molecule has 2 aromatic carbocycles. The van der Waals surface area contributed by atoms with Crippen molar-refractivity contribution in [1.82, 2.24) is 4.98 Å². The fraction of sp³-hybridized carbons (Fsp3) is 0.174. The molecule has 1 aromatic heterocycles. The summed E-state index contributed by atoms with van der Waals surface area (Å²) >= 11 is 0. The SMILES string of the molecule is Cc1cc(NC(=O)c2ccc(N3CCCC3=O)cc2)ccc1Oc1cccnc1. The van der Waals surface area contributed by atoms with Crippen molar-refractivity contribution < 1.29 is 14.3 Å². The summed E-state index contributed by atoms with van der Waals surface area (Å²) in [5, 5.41) is 2.90. The second-order valence-corrected chi connectivity index (χ2v) is 6.92. The number of aryl methyl sites for hydroxylation is 1. The Hall–Kier alpha value is -3.67. The number of nitrogens with one attached hydrogen (secondary N) is 1. The molecule has 6 heteroatoms. The van der Waals surface area contributed by atoms with Gasteiger partial charge in [0.05, 0.1) is 6.20 Å². The van der Waals surface area contributed by atoms with Gasteiger partial charge in [-0.1, -0.05) is 0 Å². The maximum atomic E-state index is 12.6. The van der Waals surface area contributed by atoms with E-state index in [1.54, 1.807) is 35.5 Å². The van der Waals surface area contributed by atoms with E-state index in [0.717, 1.165) is 24.2 Å². The number of ether oxygens (including phenoxy) is 1. The number of hydrogen-bond acceptors (Lipinski definition) is 4. The minimum Gasteiger partial charge on any atom is -0.455 e. The van der Waals surface area contributed by atoms with E-state index in [9.17, 15) is 9.59 Å². The summed E-state index contributed by atoms with van der Waals surface area (Å²) in [5.74, 6) is 1.29. The number of pyridine rings is 1. The summed E-state index contributed by atoms with van der Waals surface area (Å²) in [4.78, 5) is 30.2. The van der Waals surface area contributed by atoms with Gasteiger partial charge in [-0.15, -0.1) is 0 Å². The van der Waals surface area contributed by atoms with Crippen LogP contribution in [0.3, 0.4) is 0 Å². The Labute approximate surface area is 169 Å². The molecule has 1 aliphatic rings. The number of hydrogen-bond donors (Lipinski definition) is 1. The van der Waals surface area contributed by atoms with Gasteiger partial charge >= 0.3 is 0 Å². The number of aromatic nitrogens is 1. The first kappa shape index (κ1) is 18.7. The van der Waals surface area contributed by atoms with E-state index < -0.39 is 0 Å². The topological polar surface area (TPSA) is 71.5 Å². The smallest absolute Gasteiger partial charge is 0.255 e. The lowest BCUT2D eigenvalue weighted by Crippen LogP contribution is -2.23. The van der Waals surface area contributed by atoms with Gasteiger partial charge in [0.25, 0.3) is 5.91 Å². The fourth-order valence-corrected chi connectivity index (χ4v) is 3.29. The van der Waals surface area contributed by atoms with Crippen molar-refractivity contribution in [2.24, 2.45) is 0 Å². The van der Waals surface area contributed by atoms with Crippen LogP contribution in [0, 0.1) is 6.92 Å². The van der Waals surface area contributed by atoms with Gasteiger partial charge < -0.3 is 15.0 Å². The fourth-order valence-electron chi connectivity index (χ4n) is 3.29. The lowest BCUT2D eigenvalue weighted by atomic mass is 10.1. The molecule has 0 bridgehead atoms. The molecule has 1 fully saturated rings. The van der Waals surface area contributed by atoms with Crippen LogP contribution in [0.15, 0.2) is 67.0 Å². The Morgan fingerprint density at radius 2 is 1.97 bits per heavy atom. The zero-order chi connectivity index (χ0) is 20.2. The van der Waals surface area contributed by atoms with Crippen molar-refractivity contribution in [2.75, 3.05) is 16.8 Å². The van der Waals surface area contributed by atoms with Crippen molar-refractivity contribution in [1.29, 1.82) is 0 Å². The number of carbonyl (C=O) groups excluding carboxylic acids is 2. The highest BCUT2D eigenvalue weighted by atomic mass is 16.5. The Morgan fingerprint density at radius 1 is 1.14 bits per heavy atom. The summed E-state index contributed by atoms with van der Waals surface area (Å²) in [6.45, 7) is 2.65. The lowest BCUT2D eigenvalue weighted by Gasteiger charge is -2.16. The first-order chi connectivity index (χ1) is 14.1. The molecule has 1 aliphatic heterocycles. The van der Waals surface area contributed by atoms with Crippen molar-refractivity contribution in [3.63, 3.8) is 0 Å². The van der Waals surface area contributed by atoms with Crippen molar-refractivity contribution in [3.05, 3.63) is 78.1 Å². The molecule has 2 amide bonds. The van der Waals surface area contributed by atoms with E-state index in [0.29, 0.717) is 29.2 Å². The normalized spacial score (nSPS) is 13.4. The van der Waals surface area contributed by atoms with Crippen molar-refractivity contribution >= 4 is 23.2 Å². The zero-order valence-corrected chi connectivity index (χ0v) is 16.1. The summed E-state index contributed by atoms with van der Waals surface area (Å²) in [6.07, 6.45) is 4.80. The van der Waals surface area contributed by atoms with E-state index in [4.69, 9.17) is 4.74 Å². The molecule has 4 rings (SSSR count). The quantitative estimate of drug-likeness (QED) is 0.697. The Balaban J connectivity index is 1.43. The maximum absolute atomic E-state index is 12.6. The van der Waals surface area contributed by atoms with E-state index in [1.165, 1.54) is 0 Å². The molecule has 0 unspecified atom stereocenters. The number of carbonyl (C=O) groups is 2. The monoisotopic (exact) mass is 387 g/mol. The second-order valence-electron chi connectivity index (χ2n) is 6.92. The first-order valence-corrected chi connectivity index (χ1v) is 9.50. The highest BCUT2D eigenvalue weighted by Gasteiger charge is 2.21. The third-order valence-electron chi connectivity index (χ3n) is 4.81. The van der Waals surface area contributed by atoms with E-state index in [-0.39, 0.29) is 11.8 Å². The molecule has 0 spiro atoms. The van der Waals surface area contributed by atoms with Crippen LogP contribution in [-0.2, 0) is 4.79 Å². The average Bonchev–Trinajstić information content (AvgIpc) is 3.17. The average molecular weight is 387 g/mol. The largest absolute Gasteiger partial charge is 0.455 e. The summed E-state index contributed by atoms with van der Waals surface area (Å²) in [7, 11) is 0. The number of benzene rings is 2. The molecule has 0 aliphatic carbocycles. The second kappa shape index (κ2) is 8.14. The molecule has 0 saturated carbocycles. The van der Waals surface area contributed by atoms with Crippen LogP contribution in [0.25, 0.3) is 0 Å². The molecule has 146 valence electrons. The predicted molar refractivity (Wildman–Crippen MR) is 111 cm³/mol. The molecule has 29 heavy (non-hydrogen) atoms. The highest BCUT2D eigenvalue weighted by Crippen LogP contribution is 2.27. The summed E-state index contributed by atoms with van der Waals surface area (Å²) in [6, 6.07) is 16.2. The number of nitrogens with zero attached hydrogens (tertiary/aromatic N) is 2. The Bertz CT molecular complexity index is 1030. The van der Waals surface area contributed by atoms with Crippen LogP contribution >= 0.6 is 0 Å². The van der Waals surface area contributed by atoms with E-state index in [1.807, 2.05) is 43.3 Å². The number of anilines is 2. The zero-order valence-electron chi connectivity index (χ0n) is 16.1. The first-order valence-electron chi connectivity index (χ1n) is 9.50. The molecule has 1 saturated heterocycles. The number of rotatable bonds is 5. The molecule has 2 heterocycles. The summed E-state index contributed by atoms with van der Waals surface area (Å²) in [5.41, 5.74) is 2.95. The molecular weight excluding hydrogens is 366 g/mol. The van der Waals surface area contributed by atoms with Gasteiger partial charge in [-0.05, 0) is 73.5 Å². The Morgan fingerprint density at radius 3 is 2.62 bits per heavy atom. The van der Waals surface area contributed by atoms with Gasteiger partial charge in [-0.3, -0.25) is 14.6 Å². The van der Waals surface area contributed by atoms with Crippen LogP contribution in [-0.4, -0.2) is 23.3 Å². The molecule has 1 N–H and O–H groups in total. The van der Waals surface area contributed by atoms with Gasteiger partial charge in [-0.25, -0.2) is 0 Å². The predicted octanol–water partition coefficient (Wildman–Crippen LogP) is 4.56. The maximum Gasteiger partial charge on any atom is 0.255 e. The van der Waals surface area contributed by atoms with Gasteiger partial charge in [0.2, 0.25) is 5.91 Å². The van der Waals surface area contributed by atoms with E-state index >= 15 is 0 Å². The molecule has 6 nitrogen and oxygen atoms in total. The highest BCUT2D eigenvalue weighted by molar-refractivity contribution is 6.05. The number of amides is 2. The Kier molecular flexibility index (Phi) is 5.24. The minimum absolute atomic E-state index is 0.131. The van der Waals surface area contributed by atoms with Gasteiger partial charge in [0.15, 0.2) is 0 Å². The van der Waals surface area contributed by atoms with Crippen molar-refractivity contribution in [2.45, 2.75) is 19.8 Å². The van der Waals surface area contributed by atoms with Crippen LogP contribution in [0.5, 0.6) is 11.5 Å². The van der Waals surface area contributed by atoms with Gasteiger partial charge in [-0.2, -0.15) is 0 Å². The molecule has 0 radical (unpaired) electrons. The van der Waals surface area contributed by atoms with Crippen LogP contribution < -0.4 is 15.0 Å². The minimum atomic E-state index is -0.204. The van der Waals surface area contributed by atoms with Crippen molar-refractivity contribution in [3.8, 4) is 11.5 Å². The van der Waals surface area contributed by atoms with Crippen LogP contribution in [0.1, 0.15) is 28.8 Å². The third kappa shape index (κ3) is 4.27. The lowest BCUT2D eigenvalue weighted by molar-refractivity contribution is -0.117. The van der Waals surface area contributed by atoms with Crippen LogP contribution in [0.4, 0.5) is 11.4 Å². The summed E-state index contributed by atoms with van der Waals surface area (Å²) < 4.78 is 5.82. The van der Waals surface area contributed by atoms with Gasteiger partial charge in [0.1, 0.15) is 11.5 Å². The standard InChI is InChI=1S/C23H21N3O3/c1-16-14-18(8-11-21(16)29-20-4-2-12-24-15-20)25-23(28)17-6-9-19(10-7-17)26-13-3-5-22(26)27/h2,4,6-12,14-15H,3,5,13H2,1H3,(H,25,28). The van der Waals surface area contributed by atoms with Crippen LogP contribution in [0.2, 0.25) is 0 Å². The molecule has 3 aromatic rings. The van der Waals surface area contributed by atoms with Gasteiger partial charge in [0, 0.05) is 36.1 Å². The third-order valence-corrected chi connectivity index (χ3v) is 4.81.